The summed E-state index contributed by atoms with van der Waals surface area (Å²) in [4.78, 5) is 0. The van der Waals surface area contributed by atoms with Crippen molar-refractivity contribution < 1.29 is 4.74 Å². The molecule has 0 amide bonds. The van der Waals surface area contributed by atoms with Crippen molar-refractivity contribution >= 4 is 10.8 Å². The Bertz CT molecular complexity index is 532. The molecule has 0 aliphatic heterocycles. The van der Waals surface area contributed by atoms with Crippen molar-refractivity contribution in [2.75, 3.05) is 13.7 Å². The lowest BCUT2D eigenvalue weighted by atomic mass is 10.0. The van der Waals surface area contributed by atoms with E-state index < -0.39 is 0 Å². The van der Waals surface area contributed by atoms with E-state index in [9.17, 15) is 0 Å². The molecule has 2 nitrogen and oxygen atoms in total. The van der Waals surface area contributed by atoms with E-state index in [1.54, 1.807) is 7.11 Å². The highest BCUT2D eigenvalue weighted by Gasteiger charge is 2.12. The summed E-state index contributed by atoms with van der Waals surface area (Å²) < 4.78 is 5.30. The molecule has 0 heterocycles. The summed E-state index contributed by atoms with van der Waals surface area (Å²) in [6.07, 6.45) is 2.32. The average Bonchev–Trinajstić information content (AvgIpc) is 2.47. The number of benzene rings is 2. The van der Waals surface area contributed by atoms with E-state index in [-0.39, 0.29) is 0 Å². The van der Waals surface area contributed by atoms with Gasteiger partial charge in [-0.15, -0.1) is 0 Å². The van der Waals surface area contributed by atoms with Crippen molar-refractivity contribution in [1.82, 2.24) is 5.32 Å². The summed E-state index contributed by atoms with van der Waals surface area (Å²) in [6, 6.07) is 16.0. The van der Waals surface area contributed by atoms with Gasteiger partial charge in [0.2, 0.25) is 0 Å². The Hall–Kier alpha value is -1.38. The van der Waals surface area contributed by atoms with E-state index in [0.717, 1.165) is 13.0 Å². The highest BCUT2D eigenvalue weighted by Crippen LogP contribution is 2.21. The van der Waals surface area contributed by atoms with Crippen LogP contribution in [0.5, 0.6) is 0 Å². The van der Waals surface area contributed by atoms with Gasteiger partial charge in [0, 0.05) is 19.2 Å². The van der Waals surface area contributed by atoms with E-state index in [4.69, 9.17) is 4.74 Å². The van der Waals surface area contributed by atoms with Crippen LogP contribution < -0.4 is 5.32 Å². The molecule has 0 saturated carbocycles. The first-order valence-corrected chi connectivity index (χ1v) is 7.48. The molecular weight excluding hydrogens is 246 g/mol. The topological polar surface area (TPSA) is 21.3 Å². The summed E-state index contributed by atoms with van der Waals surface area (Å²) in [7, 11) is 1.77. The lowest BCUT2D eigenvalue weighted by Gasteiger charge is -2.23. The van der Waals surface area contributed by atoms with Crippen molar-refractivity contribution in [3.8, 4) is 0 Å². The van der Waals surface area contributed by atoms with Crippen molar-refractivity contribution in [2.24, 2.45) is 0 Å². The first kappa shape index (κ1) is 15.0. The number of ether oxygens (including phenoxy) is 1. The van der Waals surface area contributed by atoms with E-state index in [2.05, 4.69) is 61.6 Å². The fraction of sp³-hybridized carbons (Fsp3) is 0.444. The molecule has 1 N–H and O–H groups in total. The summed E-state index contributed by atoms with van der Waals surface area (Å²) in [6.45, 7) is 5.21. The largest absolute Gasteiger partial charge is 0.383 e. The van der Waals surface area contributed by atoms with Gasteiger partial charge in [-0.3, -0.25) is 0 Å². The van der Waals surface area contributed by atoms with Gasteiger partial charge in [0.25, 0.3) is 0 Å². The molecule has 2 aromatic carbocycles. The van der Waals surface area contributed by atoms with Crippen LogP contribution in [0.15, 0.2) is 42.5 Å². The second-order valence-corrected chi connectivity index (χ2v) is 5.44. The highest BCUT2D eigenvalue weighted by atomic mass is 16.5. The van der Waals surface area contributed by atoms with Crippen molar-refractivity contribution in [3.05, 3.63) is 48.0 Å². The van der Waals surface area contributed by atoms with E-state index >= 15 is 0 Å². The van der Waals surface area contributed by atoms with Crippen LogP contribution >= 0.6 is 0 Å². The Balaban J connectivity index is 2.11. The normalized spacial score (nSPS) is 14.3. The lowest BCUT2D eigenvalue weighted by molar-refractivity contribution is 0.157. The van der Waals surface area contributed by atoms with Crippen LogP contribution in [-0.4, -0.2) is 19.8 Å². The van der Waals surface area contributed by atoms with Crippen LogP contribution in [0.4, 0.5) is 0 Å². The monoisotopic (exact) mass is 271 g/mol. The summed E-state index contributed by atoms with van der Waals surface area (Å²) in [5.41, 5.74) is 1.33. The average molecular weight is 271 g/mol. The van der Waals surface area contributed by atoms with Crippen molar-refractivity contribution in [2.45, 2.75) is 38.8 Å². The number of rotatable bonds is 7. The number of hydrogen-bond acceptors (Lipinski definition) is 2. The first-order valence-electron chi connectivity index (χ1n) is 7.48. The van der Waals surface area contributed by atoms with Crippen LogP contribution in [0.2, 0.25) is 0 Å². The molecule has 0 fully saturated rings. The Morgan fingerprint density at radius 3 is 2.55 bits per heavy atom. The lowest BCUT2D eigenvalue weighted by Crippen LogP contribution is -2.35. The molecule has 0 radical (unpaired) electrons. The number of nitrogens with one attached hydrogen (secondary N) is 1. The van der Waals surface area contributed by atoms with Crippen LogP contribution in [0.25, 0.3) is 10.8 Å². The standard InChI is InChI=1S/C18H25NO/c1-4-7-18(13-20-3)19-14(2)16-11-10-15-8-5-6-9-17(15)12-16/h5-6,8-12,14,18-19H,4,7,13H2,1-3H3. The van der Waals surface area contributed by atoms with Crippen molar-refractivity contribution in [1.29, 1.82) is 0 Å². The minimum Gasteiger partial charge on any atom is -0.383 e. The Kier molecular flexibility index (Phi) is 5.57. The molecule has 2 unspecified atom stereocenters. The maximum atomic E-state index is 5.30. The zero-order valence-corrected chi connectivity index (χ0v) is 12.7. The molecule has 2 atom stereocenters. The second-order valence-electron chi connectivity index (χ2n) is 5.44. The fourth-order valence-electron chi connectivity index (χ4n) is 2.69. The third kappa shape index (κ3) is 3.81. The molecule has 0 bridgehead atoms. The molecule has 0 aliphatic rings. The van der Waals surface area contributed by atoms with Crippen molar-refractivity contribution in [3.63, 3.8) is 0 Å². The molecule has 0 saturated heterocycles. The third-order valence-corrected chi connectivity index (χ3v) is 3.76. The van der Waals surface area contributed by atoms with Gasteiger partial charge in [0.15, 0.2) is 0 Å². The van der Waals surface area contributed by atoms with E-state index in [1.165, 1.54) is 22.8 Å². The van der Waals surface area contributed by atoms with Gasteiger partial charge >= 0.3 is 0 Å². The zero-order valence-electron chi connectivity index (χ0n) is 12.7. The smallest absolute Gasteiger partial charge is 0.0616 e. The number of fused-ring (bicyclic) bond motifs is 1. The molecule has 2 aromatic rings. The number of methoxy groups -OCH3 is 1. The molecule has 0 aliphatic carbocycles. The summed E-state index contributed by atoms with van der Waals surface area (Å²) in [5, 5.41) is 6.27. The molecule has 0 aromatic heterocycles. The Morgan fingerprint density at radius 2 is 1.85 bits per heavy atom. The third-order valence-electron chi connectivity index (χ3n) is 3.76. The van der Waals surface area contributed by atoms with Crippen LogP contribution in [0, 0.1) is 0 Å². The number of hydrogen-bond donors (Lipinski definition) is 1. The van der Waals surface area contributed by atoms with E-state index in [0.29, 0.717) is 12.1 Å². The Labute approximate surface area is 122 Å². The molecular formula is C18H25NO. The molecule has 108 valence electrons. The minimum absolute atomic E-state index is 0.339. The van der Waals surface area contributed by atoms with Crippen LogP contribution in [-0.2, 0) is 4.74 Å². The summed E-state index contributed by atoms with van der Waals surface area (Å²) >= 11 is 0. The van der Waals surface area contributed by atoms with Crippen LogP contribution in [0.1, 0.15) is 38.3 Å². The van der Waals surface area contributed by atoms with E-state index in [1.807, 2.05) is 0 Å². The molecule has 2 heteroatoms. The summed E-state index contributed by atoms with van der Waals surface area (Å²) in [5.74, 6) is 0. The van der Waals surface area contributed by atoms with Gasteiger partial charge in [-0.05, 0) is 35.7 Å². The minimum atomic E-state index is 0.339. The first-order chi connectivity index (χ1) is 9.74. The van der Waals surface area contributed by atoms with Gasteiger partial charge in [-0.2, -0.15) is 0 Å². The predicted molar refractivity (Wildman–Crippen MR) is 86.1 cm³/mol. The van der Waals surface area contributed by atoms with Gasteiger partial charge in [0.05, 0.1) is 6.61 Å². The quantitative estimate of drug-likeness (QED) is 0.810. The van der Waals surface area contributed by atoms with Gasteiger partial charge in [0.1, 0.15) is 0 Å². The zero-order chi connectivity index (χ0) is 14.4. The van der Waals surface area contributed by atoms with Gasteiger partial charge < -0.3 is 10.1 Å². The SMILES string of the molecule is CCCC(COC)NC(C)c1ccc2ccccc2c1. The van der Waals surface area contributed by atoms with Gasteiger partial charge in [-0.1, -0.05) is 49.7 Å². The van der Waals surface area contributed by atoms with Gasteiger partial charge in [-0.25, -0.2) is 0 Å². The highest BCUT2D eigenvalue weighted by molar-refractivity contribution is 5.83. The molecule has 2 rings (SSSR count). The van der Waals surface area contributed by atoms with Crippen LogP contribution in [0.3, 0.4) is 0 Å². The molecule has 0 spiro atoms. The fourth-order valence-corrected chi connectivity index (χ4v) is 2.69. The predicted octanol–water partition coefficient (Wildman–Crippen LogP) is 4.31. The maximum Gasteiger partial charge on any atom is 0.0616 e. The maximum absolute atomic E-state index is 5.30. The Morgan fingerprint density at radius 1 is 1.10 bits per heavy atom. The second kappa shape index (κ2) is 7.41. The molecule has 20 heavy (non-hydrogen) atoms.